The Kier molecular flexibility index (Phi) is 3.06. The maximum Gasteiger partial charge on any atom is 0.222 e. The summed E-state index contributed by atoms with van der Waals surface area (Å²) < 4.78 is 0. The molecule has 2 fully saturated rings. The molecule has 14 heavy (non-hydrogen) atoms. The largest absolute Gasteiger partial charge is 0.341 e. The van der Waals surface area contributed by atoms with Gasteiger partial charge < -0.3 is 10.6 Å². The molecule has 1 saturated heterocycles. The van der Waals surface area contributed by atoms with Gasteiger partial charge >= 0.3 is 0 Å². The van der Waals surface area contributed by atoms with E-state index in [4.69, 9.17) is 5.73 Å². The van der Waals surface area contributed by atoms with Crippen molar-refractivity contribution in [2.75, 3.05) is 13.1 Å². The van der Waals surface area contributed by atoms with Gasteiger partial charge in [-0.2, -0.15) is 0 Å². The minimum Gasteiger partial charge on any atom is -0.341 e. The normalized spacial score (nSPS) is 28.6. The predicted octanol–water partition coefficient (Wildman–Crippen LogP) is 1.13. The molecule has 2 N–H and O–H groups in total. The Labute approximate surface area is 85.6 Å². The summed E-state index contributed by atoms with van der Waals surface area (Å²) in [5.41, 5.74) is 5.78. The van der Waals surface area contributed by atoms with Crippen LogP contribution in [0.2, 0.25) is 0 Å². The van der Waals surface area contributed by atoms with Crippen LogP contribution in [0.15, 0.2) is 0 Å². The average molecular weight is 196 g/mol. The Hall–Kier alpha value is -0.570. The van der Waals surface area contributed by atoms with E-state index < -0.39 is 0 Å². The molecule has 2 aliphatic rings. The number of hydrogen-bond acceptors (Lipinski definition) is 2. The van der Waals surface area contributed by atoms with Gasteiger partial charge in [-0.15, -0.1) is 0 Å². The number of nitrogens with two attached hydrogens (primary N) is 1. The maximum absolute atomic E-state index is 11.8. The van der Waals surface area contributed by atoms with E-state index in [-0.39, 0.29) is 6.04 Å². The molecular formula is C11H20N2O. The van der Waals surface area contributed by atoms with Crippen LogP contribution >= 0.6 is 0 Å². The Morgan fingerprint density at radius 1 is 1.29 bits per heavy atom. The first-order valence-electron chi connectivity index (χ1n) is 5.79. The first kappa shape index (κ1) is 9.97. The highest BCUT2D eigenvalue weighted by molar-refractivity contribution is 5.76. The van der Waals surface area contributed by atoms with Crippen LogP contribution in [0.5, 0.6) is 0 Å². The molecule has 1 saturated carbocycles. The second-order valence-corrected chi connectivity index (χ2v) is 4.74. The first-order valence-corrected chi connectivity index (χ1v) is 5.79. The molecule has 2 rings (SSSR count). The van der Waals surface area contributed by atoms with Gasteiger partial charge in [0.25, 0.3) is 0 Å². The molecule has 1 atom stereocenters. The van der Waals surface area contributed by atoms with Gasteiger partial charge in [-0.25, -0.2) is 0 Å². The van der Waals surface area contributed by atoms with Crippen molar-refractivity contribution in [3.05, 3.63) is 0 Å². The molecular weight excluding hydrogens is 176 g/mol. The topological polar surface area (TPSA) is 46.3 Å². The smallest absolute Gasteiger partial charge is 0.222 e. The Balaban J connectivity index is 1.77. The molecule has 0 spiro atoms. The molecule has 0 radical (unpaired) electrons. The highest BCUT2D eigenvalue weighted by Gasteiger charge is 2.26. The number of likely N-dealkylation sites (tertiary alicyclic amines) is 1. The van der Waals surface area contributed by atoms with E-state index in [2.05, 4.69) is 0 Å². The molecule has 1 aliphatic carbocycles. The fourth-order valence-electron chi connectivity index (χ4n) is 2.60. The van der Waals surface area contributed by atoms with Crippen molar-refractivity contribution in [3.8, 4) is 0 Å². The van der Waals surface area contributed by atoms with Crippen molar-refractivity contribution in [2.24, 2.45) is 11.7 Å². The van der Waals surface area contributed by atoms with Crippen molar-refractivity contribution >= 4 is 5.91 Å². The highest BCUT2D eigenvalue weighted by atomic mass is 16.2. The molecule has 0 bridgehead atoms. The van der Waals surface area contributed by atoms with Crippen molar-refractivity contribution in [1.29, 1.82) is 0 Å². The summed E-state index contributed by atoms with van der Waals surface area (Å²) in [4.78, 5) is 13.8. The molecule has 3 heteroatoms. The van der Waals surface area contributed by atoms with Crippen LogP contribution in [-0.2, 0) is 4.79 Å². The third-order valence-corrected chi connectivity index (χ3v) is 3.52. The maximum atomic E-state index is 11.8. The van der Waals surface area contributed by atoms with E-state index >= 15 is 0 Å². The molecule has 0 aromatic rings. The van der Waals surface area contributed by atoms with E-state index in [1.165, 1.54) is 25.7 Å². The quantitative estimate of drug-likeness (QED) is 0.719. The SMILES string of the molecule is N[C@H]1CCN(C(=O)CC2CCCC2)C1. The number of rotatable bonds is 2. The summed E-state index contributed by atoms with van der Waals surface area (Å²) in [5, 5.41) is 0. The summed E-state index contributed by atoms with van der Waals surface area (Å²) in [6.07, 6.45) is 6.90. The Bertz CT molecular complexity index is 211. The van der Waals surface area contributed by atoms with Gasteiger partial charge in [-0.05, 0) is 25.2 Å². The summed E-state index contributed by atoms with van der Waals surface area (Å²) in [7, 11) is 0. The van der Waals surface area contributed by atoms with Gasteiger partial charge in [0.15, 0.2) is 0 Å². The summed E-state index contributed by atoms with van der Waals surface area (Å²) in [6.45, 7) is 1.66. The van der Waals surface area contributed by atoms with Crippen molar-refractivity contribution in [2.45, 2.75) is 44.6 Å². The van der Waals surface area contributed by atoms with Gasteiger partial charge in [0, 0.05) is 25.6 Å². The first-order chi connectivity index (χ1) is 6.75. The lowest BCUT2D eigenvalue weighted by Crippen LogP contribution is -2.32. The van der Waals surface area contributed by atoms with Gasteiger partial charge in [-0.3, -0.25) is 4.79 Å². The number of carbonyl (C=O) groups is 1. The lowest BCUT2D eigenvalue weighted by Gasteiger charge is -2.18. The summed E-state index contributed by atoms with van der Waals surface area (Å²) in [6, 6.07) is 0.225. The molecule has 3 nitrogen and oxygen atoms in total. The molecule has 0 aromatic heterocycles. The molecule has 1 aliphatic heterocycles. The number of nitrogens with zero attached hydrogens (tertiary/aromatic N) is 1. The van der Waals surface area contributed by atoms with Crippen molar-refractivity contribution in [3.63, 3.8) is 0 Å². The minimum absolute atomic E-state index is 0.225. The highest BCUT2D eigenvalue weighted by Crippen LogP contribution is 2.28. The van der Waals surface area contributed by atoms with E-state index in [0.717, 1.165) is 25.9 Å². The van der Waals surface area contributed by atoms with Crippen LogP contribution in [0.4, 0.5) is 0 Å². The standard InChI is InChI=1S/C11H20N2O/c12-10-5-6-13(8-10)11(14)7-9-3-1-2-4-9/h9-10H,1-8,12H2/t10-/m0/s1. The predicted molar refractivity (Wildman–Crippen MR) is 55.7 cm³/mol. The van der Waals surface area contributed by atoms with Crippen molar-refractivity contribution in [1.82, 2.24) is 4.90 Å². The monoisotopic (exact) mass is 196 g/mol. The second kappa shape index (κ2) is 4.30. The van der Waals surface area contributed by atoms with Crippen LogP contribution in [0.3, 0.4) is 0 Å². The van der Waals surface area contributed by atoms with Crippen LogP contribution in [0.1, 0.15) is 38.5 Å². The zero-order chi connectivity index (χ0) is 9.97. The van der Waals surface area contributed by atoms with Crippen molar-refractivity contribution < 1.29 is 4.79 Å². The second-order valence-electron chi connectivity index (χ2n) is 4.74. The molecule has 0 aromatic carbocycles. The fourth-order valence-corrected chi connectivity index (χ4v) is 2.60. The third-order valence-electron chi connectivity index (χ3n) is 3.52. The van der Waals surface area contributed by atoms with E-state index in [9.17, 15) is 4.79 Å². The van der Waals surface area contributed by atoms with Gasteiger partial charge in [0.05, 0.1) is 0 Å². The van der Waals surface area contributed by atoms with Crippen LogP contribution in [0.25, 0.3) is 0 Å². The van der Waals surface area contributed by atoms with E-state index in [1.807, 2.05) is 4.90 Å². The zero-order valence-electron chi connectivity index (χ0n) is 8.74. The number of carbonyl (C=O) groups excluding carboxylic acids is 1. The van der Waals surface area contributed by atoms with Gasteiger partial charge in [-0.1, -0.05) is 12.8 Å². The lowest BCUT2D eigenvalue weighted by atomic mass is 10.0. The van der Waals surface area contributed by atoms with Gasteiger partial charge in [0.1, 0.15) is 0 Å². The average Bonchev–Trinajstić information content (AvgIpc) is 2.75. The third kappa shape index (κ3) is 2.27. The molecule has 1 heterocycles. The van der Waals surface area contributed by atoms with Gasteiger partial charge in [0.2, 0.25) is 5.91 Å². The molecule has 0 unspecified atom stereocenters. The number of amides is 1. The van der Waals surface area contributed by atoms with Crippen LogP contribution in [0, 0.1) is 5.92 Å². The van der Waals surface area contributed by atoms with Crippen LogP contribution < -0.4 is 5.73 Å². The molecule has 80 valence electrons. The summed E-state index contributed by atoms with van der Waals surface area (Å²) in [5.74, 6) is 1.00. The van der Waals surface area contributed by atoms with E-state index in [1.54, 1.807) is 0 Å². The minimum atomic E-state index is 0.225. The zero-order valence-corrected chi connectivity index (χ0v) is 8.74. The summed E-state index contributed by atoms with van der Waals surface area (Å²) >= 11 is 0. The van der Waals surface area contributed by atoms with Crippen LogP contribution in [-0.4, -0.2) is 29.9 Å². The van der Waals surface area contributed by atoms with E-state index in [0.29, 0.717) is 11.8 Å². The fraction of sp³-hybridized carbons (Fsp3) is 0.909. The lowest BCUT2D eigenvalue weighted by molar-refractivity contribution is -0.131. The Morgan fingerprint density at radius 3 is 2.57 bits per heavy atom. The molecule has 1 amide bonds. The number of hydrogen-bond donors (Lipinski definition) is 1. The Morgan fingerprint density at radius 2 is 2.00 bits per heavy atom.